The first-order valence-corrected chi connectivity index (χ1v) is 14.2. The molecule has 1 N–H and O–H groups in total. The molecule has 0 radical (unpaired) electrons. The van der Waals surface area contributed by atoms with E-state index in [0.717, 1.165) is 51.1 Å². The molecule has 0 aliphatic heterocycles. The average molecular weight is 571 g/mol. The van der Waals surface area contributed by atoms with Crippen molar-refractivity contribution < 1.29 is 4.79 Å². The Morgan fingerprint density at radius 3 is 2.54 bits per heavy atom. The Kier molecular flexibility index (Phi) is 8.14. The SMILES string of the molecule is CCCc1sc2nc(SCC(=O)Nc3ccc(Br)c(C)c3)n(-c3ccc(CC)cc3)c(=O)c2c1C. The van der Waals surface area contributed by atoms with Crippen molar-refractivity contribution >= 4 is 60.8 Å². The number of nitrogens with zero attached hydrogens (tertiary/aromatic N) is 2. The van der Waals surface area contributed by atoms with Crippen molar-refractivity contribution in [3.63, 3.8) is 0 Å². The average Bonchev–Trinajstić information content (AvgIpc) is 3.16. The number of thioether (sulfide) groups is 1. The summed E-state index contributed by atoms with van der Waals surface area (Å²) in [6, 6.07) is 13.7. The minimum absolute atomic E-state index is 0.0817. The van der Waals surface area contributed by atoms with Gasteiger partial charge in [-0.1, -0.05) is 60.1 Å². The van der Waals surface area contributed by atoms with Gasteiger partial charge in [0.05, 0.1) is 16.8 Å². The number of amides is 1. The molecule has 2 aromatic carbocycles. The van der Waals surface area contributed by atoms with Gasteiger partial charge in [-0.2, -0.15) is 0 Å². The number of halogens is 1. The third-order valence-electron chi connectivity index (χ3n) is 5.89. The van der Waals surface area contributed by atoms with Crippen molar-refractivity contribution in [2.75, 3.05) is 11.1 Å². The molecule has 0 atom stereocenters. The Hall–Kier alpha value is -2.42. The second kappa shape index (κ2) is 11.1. The monoisotopic (exact) mass is 569 g/mol. The van der Waals surface area contributed by atoms with Crippen LogP contribution >= 0.6 is 39.0 Å². The van der Waals surface area contributed by atoms with E-state index in [1.165, 1.54) is 22.2 Å². The second-order valence-corrected chi connectivity index (χ2v) is 11.3. The minimum atomic E-state index is -0.145. The molecule has 0 fully saturated rings. The lowest BCUT2D eigenvalue weighted by Gasteiger charge is -2.13. The lowest BCUT2D eigenvalue weighted by Crippen LogP contribution is -2.23. The summed E-state index contributed by atoms with van der Waals surface area (Å²) in [7, 11) is 0. The van der Waals surface area contributed by atoms with Gasteiger partial charge < -0.3 is 5.32 Å². The third kappa shape index (κ3) is 5.55. The summed E-state index contributed by atoms with van der Waals surface area (Å²) >= 11 is 6.35. The summed E-state index contributed by atoms with van der Waals surface area (Å²) in [5, 5.41) is 4.15. The van der Waals surface area contributed by atoms with Gasteiger partial charge in [0.2, 0.25) is 5.91 Å². The molecule has 0 saturated carbocycles. The summed E-state index contributed by atoms with van der Waals surface area (Å²) in [5.74, 6) is -0.000272. The molecule has 2 heterocycles. The smallest absolute Gasteiger partial charge is 0.267 e. The van der Waals surface area contributed by atoms with E-state index in [-0.39, 0.29) is 17.2 Å². The Balaban J connectivity index is 1.70. The van der Waals surface area contributed by atoms with E-state index in [1.54, 1.807) is 15.9 Å². The molecule has 5 nitrogen and oxygen atoms in total. The molecule has 35 heavy (non-hydrogen) atoms. The van der Waals surface area contributed by atoms with E-state index < -0.39 is 0 Å². The van der Waals surface area contributed by atoms with Crippen LogP contribution in [0.25, 0.3) is 15.9 Å². The molecule has 8 heteroatoms. The van der Waals surface area contributed by atoms with E-state index in [4.69, 9.17) is 4.98 Å². The van der Waals surface area contributed by atoms with Crippen LogP contribution in [0.1, 0.15) is 41.8 Å². The molecular formula is C27H28BrN3O2S2. The molecule has 0 unspecified atom stereocenters. The Morgan fingerprint density at radius 2 is 1.89 bits per heavy atom. The van der Waals surface area contributed by atoms with Crippen LogP contribution in [0.2, 0.25) is 0 Å². The molecular weight excluding hydrogens is 542 g/mol. The number of anilines is 1. The van der Waals surface area contributed by atoms with Crippen LogP contribution in [-0.2, 0) is 17.6 Å². The molecule has 4 aromatic rings. The molecule has 2 aromatic heterocycles. The maximum Gasteiger partial charge on any atom is 0.267 e. The molecule has 0 aliphatic carbocycles. The Labute approximate surface area is 222 Å². The van der Waals surface area contributed by atoms with Gasteiger partial charge >= 0.3 is 0 Å². The van der Waals surface area contributed by atoms with Crippen molar-refractivity contribution in [2.45, 2.75) is 52.1 Å². The molecule has 4 rings (SSSR count). The normalized spacial score (nSPS) is 11.2. The Morgan fingerprint density at radius 1 is 1.14 bits per heavy atom. The van der Waals surface area contributed by atoms with Crippen LogP contribution in [-0.4, -0.2) is 21.2 Å². The van der Waals surface area contributed by atoms with Crippen LogP contribution < -0.4 is 10.9 Å². The number of nitrogens with one attached hydrogen (secondary N) is 1. The van der Waals surface area contributed by atoms with Crippen molar-refractivity contribution in [3.05, 3.63) is 78.9 Å². The Bertz CT molecular complexity index is 1440. The number of benzene rings is 2. The predicted molar refractivity (Wildman–Crippen MR) is 152 cm³/mol. The number of aromatic nitrogens is 2. The highest BCUT2D eigenvalue weighted by molar-refractivity contribution is 9.10. The van der Waals surface area contributed by atoms with Gasteiger partial charge in [-0.3, -0.25) is 14.2 Å². The second-order valence-electron chi connectivity index (χ2n) is 8.44. The fraction of sp³-hybridized carbons (Fsp3) is 0.296. The molecule has 1 amide bonds. The number of rotatable bonds is 8. The van der Waals surface area contributed by atoms with E-state index in [0.29, 0.717) is 10.5 Å². The lowest BCUT2D eigenvalue weighted by atomic mass is 10.1. The van der Waals surface area contributed by atoms with Gasteiger partial charge in [0.25, 0.3) is 5.56 Å². The van der Waals surface area contributed by atoms with E-state index in [9.17, 15) is 9.59 Å². The minimum Gasteiger partial charge on any atom is -0.325 e. The standard InChI is InChI=1S/C27H28BrN3O2S2/c1-5-7-22-17(4)24-25(35-22)30-27(31(26(24)33)20-11-8-18(6-2)9-12-20)34-15-23(32)29-19-10-13-21(28)16(3)14-19/h8-14H,5-7,15H2,1-4H3,(H,29,32). The van der Waals surface area contributed by atoms with Gasteiger partial charge in [-0.25, -0.2) is 4.98 Å². The summed E-state index contributed by atoms with van der Waals surface area (Å²) in [5.41, 5.74) is 4.68. The number of aryl methyl sites for hydroxylation is 4. The van der Waals surface area contributed by atoms with Gasteiger partial charge in [0.1, 0.15) is 4.83 Å². The van der Waals surface area contributed by atoms with Crippen LogP contribution in [0.4, 0.5) is 5.69 Å². The number of fused-ring (bicyclic) bond motifs is 1. The van der Waals surface area contributed by atoms with E-state index in [1.807, 2.05) is 56.3 Å². The number of hydrogen-bond donors (Lipinski definition) is 1. The molecule has 182 valence electrons. The summed E-state index contributed by atoms with van der Waals surface area (Å²) < 4.78 is 2.65. The van der Waals surface area contributed by atoms with Crippen LogP contribution in [0.5, 0.6) is 0 Å². The number of carbonyl (C=O) groups is 1. The first kappa shape index (κ1) is 25.7. The summed E-state index contributed by atoms with van der Waals surface area (Å²) in [4.78, 5) is 33.3. The summed E-state index contributed by atoms with van der Waals surface area (Å²) in [6.45, 7) is 8.23. The zero-order valence-corrected chi connectivity index (χ0v) is 23.5. The highest BCUT2D eigenvalue weighted by Crippen LogP contribution is 2.31. The number of thiophene rings is 1. The van der Waals surface area contributed by atoms with Crippen LogP contribution in [0, 0.1) is 13.8 Å². The molecule has 0 saturated heterocycles. The van der Waals surface area contributed by atoms with E-state index in [2.05, 4.69) is 35.1 Å². The topological polar surface area (TPSA) is 64.0 Å². The highest BCUT2D eigenvalue weighted by atomic mass is 79.9. The molecule has 0 spiro atoms. The maximum absolute atomic E-state index is 13.8. The van der Waals surface area contributed by atoms with Gasteiger partial charge in [0, 0.05) is 15.0 Å². The fourth-order valence-corrected chi connectivity index (χ4v) is 6.31. The first-order valence-electron chi connectivity index (χ1n) is 11.7. The quantitative estimate of drug-likeness (QED) is 0.182. The van der Waals surface area contributed by atoms with Crippen LogP contribution in [0.15, 0.2) is 56.9 Å². The number of carbonyl (C=O) groups excluding carboxylic acids is 1. The number of hydrogen-bond acceptors (Lipinski definition) is 5. The van der Waals surface area contributed by atoms with E-state index >= 15 is 0 Å². The van der Waals surface area contributed by atoms with Gasteiger partial charge in [-0.05, 0) is 73.7 Å². The maximum atomic E-state index is 13.8. The first-order chi connectivity index (χ1) is 16.8. The van der Waals surface area contributed by atoms with Gasteiger partial charge in [0.15, 0.2) is 5.16 Å². The largest absolute Gasteiger partial charge is 0.325 e. The zero-order chi connectivity index (χ0) is 25.1. The summed E-state index contributed by atoms with van der Waals surface area (Å²) in [6.07, 6.45) is 2.86. The highest BCUT2D eigenvalue weighted by Gasteiger charge is 2.20. The zero-order valence-electron chi connectivity index (χ0n) is 20.3. The van der Waals surface area contributed by atoms with Crippen molar-refractivity contribution in [1.29, 1.82) is 0 Å². The lowest BCUT2D eigenvalue weighted by molar-refractivity contribution is -0.113. The van der Waals surface area contributed by atoms with Crippen LogP contribution in [0.3, 0.4) is 0 Å². The van der Waals surface area contributed by atoms with Crippen molar-refractivity contribution in [3.8, 4) is 5.69 Å². The third-order valence-corrected chi connectivity index (χ3v) is 8.96. The van der Waals surface area contributed by atoms with Gasteiger partial charge in [-0.15, -0.1) is 11.3 Å². The van der Waals surface area contributed by atoms with Crippen molar-refractivity contribution in [1.82, 2.24) is 9.55 Å². The van der Waals surface area contributed by atoms with Crippen molar-refractivity contribution in [2.24, 2.45) is 0 Å². The predicted octanol–water partition coefficient (Wildman–Crippen LogP) is 7.07. The molecule has 0 bridgehead atoms. The molecule has 0 aliphatic rings. The fourth-order valence-electron chi connectivity index (χ4n) is 3.93.